The lowest BCUT2D eigenvalue weighted by atomic mass is 10.2. The summed E-state index contributed by atoms with van der Waals surface area (Å²) in [6.07, 6.45) is 0. The van der Waals surface area contributed by atoms with Crippen molar-refractivity contribution < 1.29 is 4.43 Å². The summed E-state index contributed by atoms with van der Waals surface area (Å²) < 4.78 is 8.50. The van der Waals surface area contributed by atoms with Crippen LogP contribution in [0, 0.1) is 3.57 Å². The third kappa shape index (κ3) is 3.47. The minimum absolute atomic E-state index is 0.232. The quantitative estimate of drug-likeness (QED) is 0.464. The summed E-state index contributed by atoms with van der Waals surface area (Å²) in [5, 5.41) is 0.232. The molecule has 0 spiro atoms. The van der Waals surface area contributed by atoms with Gasteiger partial charge in [-0.1, -0.05) is 20.8 Å². The van der Waals surface area contributed by atoms with Crippen LogP contribution in [0.1, 0.15) is 20.8 Å². The average molecular weight is 413 g/mol. The molecule has 4 heteroatoms. The lowest BCUT2D eigenvalue weighted by Crippen LogP contribution is -2.43. The molecule has 0 bridgehead atoms. The highest BCUT2D eigenvalue weighted by Gasteiger charge is 2.39. The maximum absolute atomic E-state index is 6.24. The van der Waals surface area contributed by atoms with E-state index >= 15 is 0 Å². The van der Waals surface area contributed by atoms with Gasteiger partial charge in [-0.05, 0) is 74.9 Å². The molecular formula is C12H18BrIOSi. The molecular weight excluding hydrogens is 395 g/mol. The molecule has 90 valence electrons. The van der Waals surface area contributed by atoms with Gasteiger partial charge in [0.1, 0.15) is 5.75 Å². The van der Waals surface area contributed by atoms with Gasteiger partial charge < -0.3 is 4.43 Å². The fraction of sp³-hybridized carbons (Fsp3) is 0.500. The largest absolute Gasteiger partial charge is 0.543 e. The van der Waals surface area contributed by atoms with Crippen molar-refractivity contribution in [2.45, 2.75) is 38.9 Å². The van der Waals surface area contributed by atoms with Gasteiger partial charge in [0.05, 0.1) is 4.47 Å². The molecule has 16 heavy (non-hydrogen) atoms. The van der Waals surface area contributed by atoms with Gasteiger partial charge >= 0.3 is 0 Å². The fourth-order valence-corrected chi connectivity index (χ4v) is 3.55. The first-order valence-electron chi connectivity index (χ1n) is 5.27. The highest BCUT2D eigenvalue weighted by atomic mass is 127. The zero-order valence-corrected chi connectivity index (χ0v) is 15.1. The van der Waals surface area contributed by atoms with Crippen molar-refractivity contribution in [3.63, 3.8) is 0 Å². The van der Waals surface area contributed by atoms with Gasteiger partial charge in [-0.15, -0.1) is 0 Å². The Balaban J connectivity index is 2.97. The fourth-order valence-electron chi connectivity index (χ4n) is 0.986. The van der Waals surface area contributed by atoms with Crippen molar-refractivity contribution in [2.75, 3.05) is 0 Å². The number of benzene rings is 1. The second kappa shape index (κ2) is 4.98. The van der Waals surface area contributed by atoms with Crippen molar-refractivity contribution in [3.8, 4) is 5.75 Å². The van der Waals surface area contributed by atoms with Crippen molar-refractivity contribution in [1.82, 2.24) is 0 Å². The van der Waals surface area contributed by atoms with Crippen molar-refractivity contribution >= 4 is 46.8 Å². The SMILES string of the molecule is CC(C)(C)[Si](C)(C)Oc1ccc(I)cc1Br. The number of rotatable bonds is 2. The molecule has 0 atom stereocenters. The number of hydrogen-bond acceptors (Lipinski definition) is 1. The molecule has 0 heterocycles. The zero-order valence-electron chi connectivity index (χ0n) is 10.4. The minimum atomic E-state index is -1.73. The third-order valence-electron chi connectivity index (χ3n) is 3.07. The second-order valence-electron chi connectivity index (χ2n) is 5.44. The summed E-state index contributed by atoms with van der Waals surface area (Å²) in [4.78, 5) is 0. The van der Waals surface area contributed by atoms with E-state index < -0.39 is 8.32 Å². The Bertz CT molecular complexity index is 385. The predicted molar refractivity (Wildman–Crippen MR) is 84.7 cm³/mol. The summed E-state index contributed by atoms with van der Waals surface area (Å²) in [5.41, 5.74) is 0. The van der Waals surface area contributed by atoms with Gasteiger partial charge in [-0.2, -0.15) is 0 Å². The molecule has 0 radical (unpaired) electrons. The van der Waals surface area contributed by atoms with E-state index in [1.165, 1.54) is 3.57 Å². The predicted octanol–water partition coefficient (Wildman–Crippen LogP) is 5.44. The molecule has 1 aromatic rings. The van der Waals surface area contributed by atoms with E-state index in [-0.39, 0.29) is 5.04 Å². The second-order valence-corrected chi connectivity index (χ2v) is 12.3. The molecule has 0 amide bonds. The first kappa shape index (κ1) is 14.5. The van der Waals surface area contributed by atoms with Crippen LogP contribution in [0.4, 0.5) is 0 Å². The van der Waals surface area contributed by atoms with Crippen molar-refractivity contribution in [2.24, 2.45) is 0 Å². The van der Waals surface area contributed by atoms with Crippen LogP contribution >= 0.6 is 38.5 Å². The Labute approximate surface area is 121 Å². The lowest BCUT2D eigenvalue weighted by molar-refractivity contribution is 0.490. The Morgan fingerprint density at radius 1 is 1.25 bits per heavy atom. The van der Waals surface area contributed by atoms with Gasteiger partial charge in [-0.25, -0.2) is 0 Å². The lowest BCUT2D eigenvalue weighted by Gasteiger charge is -2.36. The smallest absolute Gasteiger partial charge is 0.250 e. The Morgan fingerprint density at radius 2 is 1.81 bits per heavy atom. The molecule has 1 nitrogen and oxygen atoms in total. The number of hydrogen-bond donors (Lipinski definition) is 0. The van der Waals surface area contributed by atoms with Crippen LogP contribution < -0.4 is 4.43 Å². The molecule has 1 rings (SSSR count). The maximum Gasteiger partial charge on any atom is 0.250 e. The van der Waals surface area contributed by atoms with Crippen LogP contribution in [0.2, 0.25) is 18.1 Å². The Morgan fingerprint density at radius 3 is 2.25 bits per heavy atom. The highest BCUT2D eigenvalue weighted by molar-refractivity contribution is 14.1. The van der Waals surface area contributed by atoms with Gasteiger partial charge in [0.25, 0.3) is 8.32 Å². The van der Waals surface area contributed by atoms with Crippen LogP contribution in [-0.4, -0.2) is 8.32 Å². The van der Waals surface area contributed by atoms with Crippen LogP contribution in [-0.2, 0) is 0 Å². The molecule has 0 saturated carbocycles. The third-order valence-corrected chi connectivity index (χ3v) is 8.70. The van der Waals surface area contributed by atoms with Gasteiger partial charge in [0, 0.05) is 3.57 Å². The van der Waals surface area contributed by atoms with E-state index in [1.54, 1.807) is 0 Å². The van der Waals surface area contributed by atoms with Gasteiger partial charge in [0.15, 0.2) is 0 Å². The van der Waals surface area contributed by atoms with Crippen LogP contribution in [0.25, 0.3) is 0 Å². The molecule has 0 aromatic heterocycles. The standard InChI is InChI=1S/C12H18BrIOSi/c1-12(2,3)16(4,5)15-11-7-6-9(14)8-10(11)13/h6-8H,1-5H3. The molecule has 0 aliphatic carbocycles. The average Bonchev–Trinajstić information content (AvgIpc) is 2.08. The van der Waals surface area contributed by atoms with E-state index in [9.17, 15) is 0 Å². The van der Waals surface area contributed by atoms with Crippen LogP contribution in [0.15, 0.2) is 22.7 Å². The highest BCUT2D eigenvalue weighted by Crippen LogP contribution is 2.39. The first-order chi connectivity index (χ1) is 7.13. The molecule has 1 aromatic carbocycles. The first-order valence-corrected chi connectivity index (χ1v) is 10.1. The van der Waals surface area contributed by atoms with E-state index in [0.717, 1.165) is 10.2 Å². The van der Waals surface area contributed by atoms with E-state index in [2.05, 4.69) is 84.5 Å². The maximum atomic E-state index is 6.24. The van der Waals surface area contributed by atoms with E-state index in [4.69, 9.17) is 4.43 Å². The summed E-state index contributed by atoms with van der Waals surface area (Å²) in [6, 6.07) is 6.21. The Hall–Kier alpha value is 0.447. The van der Waals surface area contributed by atoms with E-state index in [1.807, 2.05) is 6.07 Å². The molecule has 0 aliphatic rings. The monoisotopic (exact) mass is 412 g/mol. The Kier molecular flexibility index (Phi) is 4.51. The molecule has 0 saturated heterocycles. The van der Waals surface area contributed by atoms with Crippen molar-refractivity contribution in [3.05, 3.63) is 26.2 Å². The molecule has 0 aliphatic heterocycles. The summed E-state index contributed by atoms with van der Waals surface area (Å²) >= 11 is 5.86. The van der Waals surface area contributed by atoms with Gasteiger partial charge in [0.2, 0.25) is 0 Å². The normalized spacial score (nSPS) is 12.7. The minimum Gasteiger partial charge on any atom is -0.543 e. The molecule has 0 N–H and O–H groups in total. The summed E-state index contributed by atoms with van der Waals surface area (Å²) in [6.45, 7) is 11.3. The van der Waals surface area contributed by atoms with E-state index in [0.29, 0.717) is 0 Å². The topological polar surface area (TPSA) is 9.23 Å². The summed E-state index contributed by atoms with van der Waals surface area (Å²) in [5.74, 6) is 0.965. The number of halogens is 2. The van der Waals surface area contributed by atoms with Crippen LogP contribution in [0.3, 0.4) is 0 Å². The molecule has 0 unspecified atom stereocenters. The molecule has 0 fully saturated rings. The van der Waals surface area contributed by atoms with Crippen molar-refractivity contribution in [1.29, 1.82) is 0 Å². The zero-order chi connectivity index (χ0) is 12.6. The van der Waals surface area contributed by atoms with Gasteiger partial charge in [-0.3, -0.25) is 0 Å². The summed E-state index contributed by atoms with van der Waals surface area (Å²) in [7, 11) is -1.73. The van der Waals surface area contributed by atoms with Crippen LogP contribution in [0.5, 0.6) is 5.75 Å².